The van der Waals surface area contributed by atoms with Gasteiger partial charge in [0, 0.05) is 17.7 Å². The highest BCUT2D eigenvalue weighted by Gasteiger charge is 2.08. The molecule has 0 amide bonds. The fraction of sp³-hybridized carbons (Fsp3) is 0.200. The predicted molar refractivity (Wildman–Crippen MR) is 48.9 cm³/mol. The Balaban J connectivity index is 2.53. The Hall–Kier alpha value is -1.28. The second-order valence-electron chi connectivity index (χ2n) is 2.75. The molecule has 0 bridgehead atoms. The Labute approximate surface area is 71.6 Å². The van der Waals surface area contributed by atoms with Crippen molar-refractivity contribution in [2.24, 2.45) is 5.73 Å². The fourth-order valence-electron chi connectivity index (χ4n) is 1.38. The van der Waals surface area contributed by atoms with Crippen LogP contribution < -0.4 is 10.5 Å². The van der Waals surface area contributed by atoms with E-state index in [4.69, 9.17) is 10.5 Å². The third kappa shape index (κ3) is 1.10. The highest BCUT2D eigenvalue weighted by molar-refractivity contribution is 5.61. The molecule has 1 aromatic carbocycles. The summed E-state index contributed by atoms with van der Waals surface area (Å²) in [6, 6.07) is 6.03. The second kappa shape index (κ2) is 2.99. The quantitative estimate of drug-likeness (QED) is 0.678. The van der Waals surface area contributed by atoms with Gasteiger partial charge >= 0.3 is 0 Å². The molecule has 0 atom stereocenters. The number of benzene rings is 1. The van der Waals surface area contributed by atoms with Crippen molar-refractivity contribution in [3.63, 3.8) is 0 Å². The van der Waals surface area contributed by atoms with Gasteiger partial charge in [0.2, 0.25) is 0 Å². The maximum Gasteiger partial charge on any atom is 0.131 e. The summed E-state index contributed by atoms with van der Waals surface area (Å²) < 4.78 is 5.48. The van der Waals surface area contributed by atoms with Crippen molar-refractivity contribution in [3.05, 3.63) is 35.4 Å². The molecule has 0 unspecified atom stereocenters. The zero-order chi connectivity index (χ0) is 8.39. The van der Waals surface area contributed by atoms with Gasteiger partial charge in [0.25, 0.3) is 0 Å². The Bertz CT molecular complexity index is 318. The van der Waals surface area contributed by atoms with Crippen molar-refractivity contribution in [2.45, 2.75) is 6.54 Å². The highest BCUT2D eigenvalue weighted by Crippen LogP contribution is 2.27. The molecule has 0 aliphatic carbocycles. The Kier molecular flexibility index (Phi) is 1.84. The topological polar surface area (TPSA) is 35.2 Å². The number of hydrogen-bond donors (Lipinski definition) is 1. The van der Waals surface area contributed by atoms with Crippen molar-refractivity contribution in [2.75, 3.05) is 6.61 Å². The summed E-state index contributed by atoms with van der Waals surface area (Å²) in [7, 11) is 0. The molecule has 0 saturated heterocycles. The van der Waals surface area contributed by atoms with Gasteiger partial charge in [-0.2, -0.15) is 0 Å². The van der Waals surface area contributed by atoms with Crippen LogP contribution in [0, 0.1) is 0 Å². The lowest BCUT2D eigenvalue weighted by Gasteiger charge is -2.15. The van der Waals surface area contributed by atoms with Crippen LogP contribution in [0.15, 0.2) is 24.3 Å². The highest BCUT2D eigenvalue weighted by atomic mass is 16.5. The van der Waals surface area contributed by atoms with Gasteiger partial charge in [0.15, 0.2) is 0 Å². The third-order valence-electron chi connectivity index (χ3n) is 1.97. The summed E-state index contributed by atoms with van der Waals surface area (Å²) in [5, 5.41) is 0. The van der Waals surface area contributed by atoms with Gasteiger partial charge in [-0.15, -0.1) is 0 Å². The Morgan fingerprint density at radius 1 is 1.42 bits per heavy atom. The standard InChI is InChI=1S/C10H11NO/c11-7-9-4-1-3-8-5-2-6-12-10(8)9/h1-5H,6-7,11H2. The molecule has 1 aliphatic rings. The van der Waals surface area contributed by atoms with Gasteiger partial charge < -0.3 is 10.5 Å². The summed E-state index contributed by atoms with van der Waals surface area (Å²) >= 11 is 0. The van der Waals surface area contributed by atoms with Crippen LogP contribution >= 0.6 is 0 Å². The van der Waals surface area contributed by atoms with E-state index in [9.17, 15) is 0 Å². The van der Waals surface area contributed by atoms with Crippen LogP contribution in [0.1, 0.15) is 11.1 Å². The fourth-order valence-corrected chi connectivity index (χ4v) is 1.38. The largest absolute Gasteiger partial charge is 0.489 e. The minimum absolute atomic E-state index is 0.539. The SMILES string of the molecule is NCc1cccc2c1OCC=C2. The van der Waals surface area contributed by atoms with E-state index in [1.54, 1.807) is 0 Å². The first-order chi connectivity index (χ1) is 5.92. The number of rotatable bonds is 1. The average molecular weight is 161 g/mol. The van der Waals surface area contributed by atoms with Crippen LogP contribution in [0.3, 0.4) is 0 Å². The first kappa shape index (κ1) is 7.37. The summed E-state index contributed by atoms with van der Waals surface area (Å²) in [5.41, 5.74) is 7.78. The number of fused-ring (bicyclic) bond motifs is 1. The van der Waals surface area contributed by atoms with Crippen LogP contribution in [0.25, 0.3) is 6.08 Å². The molecule has 12 heavy (non-hydrogen) atoms. The first-order valence-corrected chi connectivity index (χ1v) is 4.03. The third-order valence-corrected chi connectivity index (χ3v) is 1.97. The minimum Gasteiger partial charge on any atom is -0.489 e. The number of hydrogen-bond acceptors (Lipinski definition) is 2. The zero-order valence-electron chi connectivity index (χ0n) is 6.79. The molecule has 2 nitrogen and oxygen atoms in total. The number of para-hydroxylation sites is 1. The van der Waals surface area contributed by atoms with Crippen LogP contribution in [0.4, 0.5) is 0 Å². The normalized spacial score (nSPS) is 13.8. The molecule has 0 radical (unpaired) electrons. The first-order valence-electron chi connectivity index (χ1n) is 4.03. The molecular weight excluding hydrogens is 150 g/mol. The van der Waals surface area contributed by atoms with E-state index in [2.05, 4.69) is 6.08 Å². The van der Waals surface area contributed by atoms with Gasteiger partial charge in [-0.25, -0.2) is 0 Å². The summed E-state index contributed by atoms with van der Waals surface area (Å²) in [4.78, 5) is 0. The minimum atomic E-state index is 0.539. The molecule has 62 valence electrons. The predicted octanol–water partition coefficient (Wildman–Crippen LogP) is 1.55. The Morgan fingerprint density at radius 3 is 3.17 bits per heavy atom. The van der Waals surface area contributed by atoms with E-state index in [1.807, 2.05) is 24.3 Å². The smallest absolute Gasteiger partial charge is 0.131 e. The average Bonchev–Trinajstić information content (AvgIpc) is 2.17. The van der Waals surface area contributed by atoms with Crippen LogP contribution in [-0.4, -0.2) is 6.61 Å². The van der Waals surface area contributed by atoms with Gasteiger partial charge in [-0.1, -0.05) is 24.3 Å². The summed E-state index contributed by atoms with van der Waals surface area (Å²) in [6.45, 7) is 1.20. The lowest BCUT2D eigenvalue weighted by atomic mass is 10.1. The van der Waals surface area contributed by atoms with E-state index in [0.717, 1.165) is 16.9 Å². The number of ether oxygens (including phenoxy) is 1. The van der Waals surface area contributed by atoms with Gasteiger partial charge in [0.1, 0.15) is 12.4 Å². The lowest BCUT2D eigenvalue weighted by molar-refractivity contribution is 0.354. The lowest BCUT2D eigenvalue weighted by Crippen LogP contribution is -2.06. The van der Waals surface area contributed by atoms with E-state index in [-0.39, 0.29) is 0 Å². The molecule has 0 aromatic heterocycles. The van der Waals surface area contributed by atoms with Gasteiger partial charge in [-0.3, -0.25) is 0 Å². The maximum absolute atomic E-state index is 5.57. The van der Waals surface area contributed by atoms with Crippen molar-refractivity contribution < 1.29 is 4.74 Å². The van der Waals surface area contributed by atoms with E-state index in [0.29, 0.717) is 13.2 Å². The van der Waals surface area contributed by atoms with Gasteiger partial charge in [0.05, 0.1) is 0 Å². The van der Waals surface area contributed by atoms with Crippen LogP contribution in [0.5, 0.6) is 5.75 Å². The molecule has 1 heterocycles. The van der Waals surface area contributed by atoms with Crippen molar-refractivity contribution >= 4 is 6.08 Å². The van der Waals surface area contributed by atoms with Crippen LogP contribution in [-0.2, 0) is 6.54 Å². The molecule has 2 heteroatoms. The van der Waals surface area contributed by atoms with Crippen molar-refractivity contribution in [1.82, 2.24) is 0 Å². The molecule has 0 spiro atoms. The monoisotopic (exact) mass is 161 g/mol. The maximum atomic E-state index is 5.57. The van der Waals surface area contributed by atoms with Crippen molar-refractivity contribution in [1.29, 1.82) is 0 Å². The zero-order valence-corrected chi connectivity index (χ0v) is 6.79. The van der Waals surface area contributed by atoms with E-state index < -0.39 is 0 Å². The molecule has 0 saturated carbocycles. The summed E-state index contributed by atoms with van der Waals surface area (Å²) in [6.07, 6.45) is 4.07. The molecular formula is C10H11NO. The van der Waals surface area contributed by atoms with E-state index in [1.165, 1.54) is 0 Å². The Morgan fingerprint density at radius 2 is 2.33 bits per heavy atom. The second-order valence-corrected chi connectivity index (χ2v) is 2.75. The molecule has 2 rings (SSSR count). The summed E-state index contributed by atoms with van der Waals surface area (Å²) in [5.74, 6) is 0.947. The van der Waals surface area contributed by atoms with Crippen molar-refractivity contribution in [3.8, 4) is 5.75 Å². The molecule has 1 aliphatic heterocycles. The van der Waals surface area contributed by atoms with E-state index >= 15 is 0 Å². The molecule has 1 aromatic rings. The molecule has 2 N–H and O–H groups in total. The molecule has 0 fully saturated rings. The number of nitrogens with two attached hydrogens (primary N) is 1. The van der Waals surface area contributed by atoms with Gasteiger partial charge in [-0.05, 0) is 6.08 Å². The van der Waals surface area contributed by atoms with Crippen LogP contribution in [0.2, 0.25) is 0 Å².